The standard InChI is InChI=1S/C20H21NO/c22-20-12-9-14-5-1-3-7-17(14)18(20)11-10-16-13-15-6-2-4-8-19(15)21-16/h1-3,5-7,9-12,15-16,19,21-22H,4,8,13H2/b11-10+. The molecule has 2 heteroatoms. The lowest BCUT2D eigenvalue weighted by Crippen LogP contribution is -2.31. The number of phenolic OH excluding ortho intramolecular Hbond substituents is 1. The van der Waals surface area contributed by atoms with Gasteiger partial charge in [0.15, 0.2) is 0 Å². The summed E-state index contributed by atoms with van der Waals surface area (Å²) in [4.78, 5) is 0. The maximum atomic E-state index is 10.2. The number of hydrogen-bond acceptors (Lipinski definition) is 2. The number of hydrogen-bond donors (Lipinski definition) is 2. The number of benzene rings is 2. The van der Waals surface area contributed by atoms with Crippen LogP contribution in [0.1, 0.15) is 24.8 Å². The van der Waals surface area contributed by atoms with Gasteiger partial charge in [0.25, 0.3) is 0 Å². The van der Waals surface area contributed by atoms with Crippen LogP contribution in [-0.2, 0) is 0 Å². The highest BCUT2D eigenvalue weighted by Crippen LogP contribution is 2.31. The van der Waals surface area contributed by atoms with Gasteiger partial charge in [0.1, 0.15) is 5.75 Å². The maximum absolute atomic E-state index is 10.2. The molecule has 112 valence electrons. The second-order valence-corrected chi connectivity index (χ2v) is 6.36. The zero-order chi connectivity index (χ0) is 14.9. The van der Waals surface area contributed by atoms with E-state index < -0.39 is 0 Å². The van der Waals surface area contributed by atoms with Gasteiger partial charge in [-0.15, -0.1) is 0 Å². The van der Waals surface area contributed by atoms with Crippen molar-refractivity contribution in [2.75, 3.05) is 0 Å². The van der Waals surface area contributed by atoms with Gasteiger partial charge in [-0.2, -0.15) is 0 Å². The molecule has 1 aliphatic carbocycles. The number of allylic oxidation sites excluding steroid dienone is 1. The van der Waals surface area contributed by atoms with E-state index in [1.54, 1.807) is 6.07 Å². The molecule has 0 bridgehead atoms. The summed E-state index contributed by atoms with van der Waals surface area (Å²) in [5.74, 6) is 1.02. The van der Waals surface area contributed by atoms with Crippen LogP contribution in [-0.4, -0.2) is 17.2 Å². The Balaban J connectivity index is 1.61. The van der Waals surface area contributed by atoms with Gasteiger partial charge in [0.2, 0.25) is 0 Å². The van der Waals surface area contributed by atoms with Crippen LogP contribution in [0.2, 0.25) is 0 Å². The summed E-state index contributed by atoms with van der Waals surface area (Å²) < 4.78 is 0. The van der Waals surface area contributed by atoms with Crippen molar-refractivity contribution in [3.05, 3.63) is 60.2 Å². The first kappa shape index (κ1) is 13.6. The lowest BCUT2D eigenvalue weighted by Gasteiger charge is -2.19. The van der Waals surface area contributed by atoms with E-state index in [0.717, 1.165) is 22.8 Å². The molecular formula is C20H21NO. The summed E-state index contributed by atoms with van der Waals surface area (Å²) in [7, 11) is 0. The summed E-state index contributed by atoms with van der Waals surface area (Å²) in [5, 5.41) is 16.2. The predicted octanol–water partition coefficient (Wildman–Crippen LogP) is 4.26. The van der Waals surface area contributed by atoms with E-state index in [1.807, 2.05) is 18.2 Å². The Kier molecular flexibility index (Phi) is 3.47. The average Bonchev–Trinajstić information content (AvgIpc) is 2.97. The Morgan fingerprint density at radius 1 is 1.14 bits per heavy atom. The lowest BCUT2D eigenvalue weighted by molar-refractivity contribution is 0.470. The number of fused-ring (bicyclic) bond motifs is 2. The molecule has 2 aliphatic rings. The molecule has 0 spiro atoms. The Labute approximate surface area is 131 Å². The second kappa shape index (κ2) is 5.62. The summed E-state index contributed by atoms with van der Waals surface area (Å²) in [6.07, 6.45) is 12.6. The molecule has 22 heavy (non-hydrogen) atoms. The highest BCUT2D eigenvalue weighted by molar-refractivity contribution is 5.93. The zero-order valence-electron chi connectivity index (χ0n) is 12.6. The van der Waals surface area contributed by atoms with Gasteiger partial charge < -0.3 is 10.4 Å². The summed E-state index contributed by atoms with van der Waals surface area (Å²) in [6, 6.07) is 13.0. The van der Waals surface area contributed by atoms with E-state index in [9.17, 15) is 5.11 Å². The van der Waals surface area contributed by atoms with Crippen LogP contribution in [0.15, 0.2) is 54.6 Å². The largest absolute Gasteiger partial charge is 0.507 e. The van der Waals surface area contributed by atoms with E-state index in [0.29, 0.717) is 23.8 Å². The van der Waals surface area contributed by atoms with Crippen LogP contribution in [0.3, 0.4) is 0 Å². The fourth-order valence-electron chi connectivity index (χ4n) is 3.79. The molecule has 0 amide bonds. The van der Waals surface area contributed by atoms with Crippen molar-refractivity contribution in [2.24, 2.45) is 5.92 Å². The SMILES string of the molecule is Oc1ccc2ccccc2c1/C=C/C1CC2C=CCCC2N1. The van der Waals surface area contributed by atoms with E-state index in [1.165, 1.54) is 12.8 Å². The van der Waals surface area contributed by atoms with Crippen LogP contribution < -0.4 is 5.32 Å². The van der Waals surface area contributed by atoms with Gasteiger partial charge in [-0.05, 0) is 42.0 Å². The highest BCUT2D eigenvalue weighted by Gasteiger charge is 2.31. The Morgan fingerprint density at radius 2 is 2.05 bits per heavy atom. The molecule has 1 saturated heterocycles. The van der Waals surface area contributed by atoms with Crippen LogP contribution in [0.25, 0.3) is 16.8 Å². The number of phenols is 1. The first-order valence-corrected chi connectivity index (χ1v) is 8.13. The molecule has 2 nitrogen and oxygen atoms in total. The molecule has 2 aromatic carbocycles. The molecule has 2 N–H and O–H groups in total. The van der Waals surface area contributed by atoms with Crippen molar-refractivity contribution < 1.29 is 5.11 Å². The molecule has 2 aromatic rings. The first-order valence-electron chi connectivity index (χ1n) is 8.13. The maximum Gasteiger partial charge on any atom is 0.123 e. The van der Waals surface area contributed by atoms with Gasteiger partial charge >= 0.3 is 0 Å². The third-order valence-corrected chi connectivity index (χ3v) is 4.94. The van der Waals surface area contributed by atoms with Crippen molar-refractivity contribution in [1.29, 1.82) is 0 Å². The highest BCUT2D eigenvalue weighted by atomic mass is 16.3. The topological polar surface area (TPSA) is 32.3 Å². The van der Waals surface area contributed by atoms with Gasteiger partial charge in [-0.25, -0.2) is 0 Å². The minimum atomic E-state index is 0.352. The van der Waals surface area contributed by atoms with Crippen LogP contribution in [0.4, 0.5) is 0 Å². The normalized spacial score (nSPS) is 27.5. The molecule has 3 atom stereocenters. The zero-order valence-corrected chi connectivity index (χ0v) is 12.6. The molecular weight excluding hydrogens is 270 g/mol. The number of rotatable bonds is 2. The van der Waals surface area contributed by atoms with Gasteiger partial charge in [-0.3, -0.25) is 0 Å². The van der Waals surface area contributed by atoms with Crippen molar-refractivity contribution in [3.8, 4) is 5.75 Å². The van der Waals surface area contributed by atoms with Crippen molar-refractivity contribution in [1.82, 2.24) is 5.32 Å². The van der Waals surface area contributed by atoms with Gasteiger partial charge in [0, 0.05) is 17.6 Å². The van der Waals surface area contributed by atoms with E-state index in [2.05, 4.69) is 41.8 Å². The third-order valence-electron chi connectivity index (χ3n) is 4.94. The fourth-order valence-corrected chi connectivity index (χ4v) is 3.79. The molecule has 0 radical (unpaired) electrons. The number of aromatic hydroxyl groups is 1. The van der Waals surface area contributed by atoms with E-state index in [4.69, 9.17) is 0 Å². The molecule has 3 unspecified atom stereocenters. The molecule has 1 fully saturated rings. The van der Waals surface area contributed by atoms with Crippen molar-refractivity contribution in [3.63, 3.8) is 0 Å². The Hall–Kier alpha value is -2.06. The molecule has 0 saturated carbocycles. The number of nitrogens with one attached hydrogen (secondary N) is 1. The Morgan fingerprint density at radius 3 is 2.95 bits per heavy atom. The quantitative estimate of drug-likeness (QED) is 0.811. The second-order valence-electron chi connectivity index (χ2n) is 6.36. The fraction of sp³-hybridized carbons (Fsp3) is 0.300. The summed E-state index contributed by atoms with van der Waals surface area (Å²) >= 11 is 0. The molecule has 1 aliphatic heterocycles. The minimum absolute atomic E-state index is 0.352. The van der Waals surface area contributed by atoms with Crippen LogP contribution >= 0.6 is 0 Å². The monoisotopic (exact) mass is 291 g/mol. The predicted molar refractivity (Wildman–Crippen MR) is 91.8 cm³/mol. The summed E-state index contributed by atoms with van der Waals surface area (Å²) in [6.45, 7) is 0. The van der Waals surface area contributed by atoms with Crippen LogP contribution in [0, 0.1) is 5.92 Å². The van der Waals surface area contributed by atoms with Gasteiger partial charge in [0.05, 0.1) is 0 Å². The van der Waals surface area contributed by atoms with E-state index in [-0.39, 0.29) is 0 Å². The minimum Gasteiger partial charge on any atom is -0.507 e. The summed E-state index contributed by atoms with van der Waals surface area (Å²) in [5.41, 5.74) is 0.922. The average molecular weight is 291 g/mol. The lowest BCUT2D eigenvalue weighted by atomic mass is 9.91. The molecule has 4 rings (SSSR count). The van der Waals surface area contributed by atoms with Crippen LogP contribution in [0.5, 0.6) is 5.75 Å². The molecule has 0 aromatic heterocycles. The Bertz CT molecular complexity index is 746. The van der Waals surface area contributed by atoms with Gasteiger partial charge in [-0.1, -0.05) is 54.6 Å². The van der Waals surface area contributed by atoms with Crippen molar-refractivity contribution in [2.45, 2.75) is 31.3 Å². The van der Waals surface area contributed by atoms with E-state index >= 15 is 0 Å². The van der Waals surface area contributed by atoms with Crippen molar-refractivity contribution >= 4 is 16.8 Å². The third kappa shape index (κ3) is 2.44. The smallest absolute Gasteiger partial charge is 0.123 e. The first-order chi connectivity index (χ1) is 10.8. The molecule has 1 heterocycles.